The summed E-state index contributed by atoms with van der Waals surface area (Å²) in [5.74, 6) is 0. The Morgan fingerprint density at radius 2 is 2.60 bits per heavy atom. The minimum Gasteiger partial charge on any atom is -0.365 e. The maximum Gasteiger partial charge on any atom is 0.106 e. The summed E-state index contributed by atoms with van der Waals surface area (Å²) in [5, 5.41) is 8.37. The van der Waals surface area contributed by atoms with Gasteiger partial charge >= 0.3 is 0 Å². The van der Waals surface area contributed by atoms with Crippen LogP contribution >= 0.6 is 0 Å². The third-order valence-corrected chi connectivity index (χ3v) is 2.15. The lowest BCUT2D eigenvalue weighted by Crippen LogP contribution is -2.05. The first kappa shape index (κ1) is 5.94. The zero-order valence-electron chi connectivity index (χ0n) is 5.71. The number of nitrogens with zero attached hydrogens (tertiary/aromatic N) is 1. The van der Waals surface area contributed by atoms with Gasteiger partial charge < -0.3 is 4.74 Å². The van der Waals surface area contributed by atoms with Crippen LogP contribution in [0.15, 0.2) is 11.6 Å². The van der Waals surface area contributed by atoms with Gasteiger partial charge in [0, 0.05) is 6.08 Å². The van der Waals surface area contributed by atoms with Crippen LogP contribution in [0.5, 0.6) is 0 Å². The molecule has 1 aliphatic carbocycles. The monoisotopic (exact) mass is 135 g/mol. The predicted molar refractivity (Wildman–Crippen MR) is 36.2 cm³/mol. The molecular weight excluding hydrogens is 126 g/mol. The highest BCUT2D eigenvalue weighted by molar-refractivity contribution is 5.25. The molecule has 2 atom stereocenters. The van der Waals surface area contributed by atoms with E-state index in [0.29, 0.717) is 12.2 Å². The lowest BCUT2D eigenvalue weighted by molar-refractivity contribution is 0.384. The zero-order chi connectivity index (χ0) is 6.97. The standard InChI is InChI=1S/C8H9NO/c9-5-4-6-2-1-3-7-8(6)10-7/h4,7-8H,1-3H2/b6-4+. The van der Waals surface area contributed by atoms with Crippen molar-refractivity contribution in [1.82, 2.24) is 0 Å². The number of allylic oxidation sites excluding steroid dienone is 1. The molecule has 0 N–H and O–H groups in total. The van der Waals surface area contributed by atoms with Gasteiger partial charge in [-0.05, 0) is 24.8 Å². The lowest BCUT2D eigenvalue weighted by Gasteiger charge is -2.06. The third kappa shape index (κ3) is 0.833. The summed E-state index contributed by atoms with van der Waals surface area (Å²) < 4.78 is 5.32. The van der Waals surface area contributed by atoms with Crippen LogP contribution in [0.3, 0.4) is 0 Å². The van der Waals surface area contributed by atoms with E-state index < -0.39 is 0 Å². The zero-order valence-corrected chi connectivity index (χ0v) is 5.71. The molecule has 2 unspecified atom stereocenters. The predicted octanol–water partition coefficient (Wildman–Crippen LogP) is 1.39. The number of hydrogen-bond donors (Lipinski definition) is 0. The van der Waals surface area contributed by atoms with Crippen LogP contribution in [-0.4, -0.2) is 12.2 Å². The topological polar surface area (TPSA) is 36.3 Å². The molecule has 2 aliphatic rings. The molecule has 0 bridgehead atoms. The normalized spacial score (nSPS) is 40.5. The maximum absolute atomic E-state index is 8.37. The second-order valence-electron chi connectivity index (χ2n) is 2.84. The van der Waals surface area contributed by atoms with Crippen LogP contribution in [0.2, 0.25) is 0 Å². The molecule has 1 saturated carbocycles. The second-order valence-corrected chi connectivity index (χ2v) is 2.84. The third-order valence-electron chi connectivity index (χ3n) is 2.15. The number of fused-ring (bicyclic) bond motifs is 1. The molecule has 0 spiro atoms. The minimum atomic E-state index is 0.327. The largest absolute Gasteiger partial charge is 0.365 e. The first-order valence-corrected chi connectivity index (χ1v) is 3.66. The lowest BCUT2D eigenvalue weighted by atomic mass is 9.95. The van der Waals surface area contributed by atoms with Gasteiger partial charge in [-0.25, -0.2) is 0 Å². The molecule has 52 valence electrons. The van der Waals surface area contributed by atoms with Crippen molar-refractivity contribution in [3.8, 4) is 6.07 Å². The molecule has 10 heavy (non-hydrogen) atoms. The Kier molecular flexibility index (Phi) is 1.25. The molecule has 2 heteroatoms. The quantitative estimate of drug-likeness (QED) is 0.371. The fourth-order valence-corrected chi connectivity index (χ4v) is 1.58. The van der Waals surface area contributed by atoms with Gasteiger partial charge in [-0.1, -0.05) is 0 Å². The fraction of sp³-hybridized carbons (Fsp3) is 0.625. The molecule has 2 rings (SSSR count). The van der Waals surface area contributed by atoms with Gasteiger partial charge in [-0.15, -0.1) is 0 Å². The Hall–Kier alpha value is -0.810. The number of hydrogen-bond acceptors (Lipinski definition) is 2. The van der Waals surface area contributed by atoms with Gasteiger partial charge in [-0.2, -0.15) is 5.26 Å². The van der Waals surface area contributed by atoms with E-state index in [0.717, 1.165) is 6.42 Å². The first-order valence-electron chi connectivity index (χ1n) is 3.66. The Bertz CT molecular complexity index is 214. The van der Waals surface area contributed by atoms with Crippen molar-refractivity contribution >= 4 is 0 Å². The first-order chi connectivity index (χ1) is 4.92. The summed E-state index contributed by atoms with van der Waals surface area (Å²) in [6.07, 6.45) is 5.88. The minimum absolute atomic E-state index is 0.327. The average Bonchev–Trinajstić information content (AvgIpc) is 2.67. The van der Waals surface area contributed by atoms with E-state index >= 15 is 0 Å². The summed E-state index contributed by atoms with van der Waals surface area (Å²) >= 11 is 0. The van der Waals surface area contributed by atoms with Gasteiger partial charge in [0.1, 0.15) is 6.10 Å². The van der Waals surface area contributed by atoms with E-state index in [4.69, 9.17) is 10.00 Å². The van der Waals surface area contributed by atoms with Crippen molar-refractivity contribution in [3.05, 3.63) is 11.6 Å². The number of nitriles is 1. The smallest absolute Gasteiger partial charge is 0.106 e. The molecule has 1 heterocycles. The van der Waals surface area contributed by atoms with E-state index in [2.05, 4.69) is 6.07 Å². The van der Waals surface area contributed by atoms with Crippen LogP contribution < -0.4 is 0 Å². The van der Waals surface area contributed by atoms with Crippen molar-refractivity contribution < 1.29 is 4.74 Å². The summed E-state index contributed by atoms with van der Waals surface area (Å²) in [6.45, 7) is 0. The van der Waals surface area contributed by atoms with Gasteiger partial charge in [0.25, 0.3) is 0 Å². The molecule has 2 nitrogen and oxygen atoms in total. The van der Waals surface area contributed by atoms with E-state index in [9.17, 15) is 0 Å². The number of ether oxygens (including phenoxy) is 1. The van der Waals surface area contributed by atoms with Crippen LogP contribution in [0, 0.1) is 11.3 Å². The molecule has 0 aromatic carbocycles. The molecule has 0 radical (unpaired) electrons. The SMILES string of the molecule is N#C/C=C1\CCCC2OC12. The van der Waals surface area contributed by atoms with E-state index in [-0.39, 0.29) is 0 Å². The fourth-order valence-electron chi connectivity index (χ4n) is 1.58. The second kappa shape index (κ2) is 2.10. The van der Waals surface area contributed by atoms with E-state index in [1.165, 1.54) is 18.4 Å². The van der Waals surface area contributed by atoms with E-state index in [1.807, 2.05) is 0 Å². The molecular formula is C8H9NO. The van der Waals surface area contributed by atoms with Gasteiger partial charge in [-0.3, -0.25) is 0 Å². The molecule has 1 aliphatic heterocycles. The van der Waals surface area contributed by atoms with Crippen LogP contribution in [0.1, 0.15) is 19.3 Å². The number of epoxide rings is 1. The summed E-state index contributed by atoms with van der Waals surface area (Å²) in [7, 11) is 0. The summed E-state index contributed by atoms with van der Waals surface area (Å²) in [4.78, 5) is 0. The van der Waals surface area contributed by atoms with Gasteiger partial charge in [0.2, 0.25) is 0 Å². The Morgan fingerprint density at radius 1 is 1.70 bits per heavy atom. The maximum atomic E-state index is 8.37. The van der Waals surface area contributed by atoms with Crippen LogP contribution in [0.4, 0.5) is 0 Å². The summed E-state index contributed by atoms with van der Waals surface area (Å²) in [5.41, 5.74) is 1.21. The van der Waals surface area contributed by atoms with Crippen LogP contribution in [0.25, 0.3) is 0 Å². The molecule has 0 aromatic heterocycles. The molecule has 0 amide bonds. The Balaban J connectivity index is 2.10. The van der Waals surface area contributed by atoms with Gasteiger partial charge in [0.15, 0.2) is 0 Å². The van der Waals surface area contributed by atoms with Crippen LogP contribution in [-0.2, 0) is 4.74 Å². The Labute approximate surface area is 60.1 Å². The number of rotatable bonds is 0. The van der Waals surface area contributed by atoms with Crippen molar-refractivity contribution in [2.24, 2.45) is 0 Å². The van der Waals surface area contributed by atoms with E-state index in [1.54, 1.807) is 6.08 Å². The molecule has 2 fully saturated rings. The van der Waals surface area contributed by atoms with Crippen molar-refractivity contribution in [3.63, 3.8) is 0 Å². The van der Waals surface area contributed by atoms with Gasteiger partial charge in [0.05, 0.1) is 12.2 Å². The highest BCUT2D eigenvalue weighted by Gasteiger charge is 2.43. The molecule has 1 saturated heterocycles. The summed E-state index contributed by atoms with van der Waals surface area (Å²) in [6, 6.07) is 2.05. The van der Waals surface area contributed by atoms with Crippen molar-refractivity contribution in [2.75, 3.05) is 0 Å². The highest BCUT2D eigenvalue weighted by Crippen LogP contribution is 2.39. The van der Waals surface area contributed by atoms with Crippen molar-refractivity contribution in [2.45, 2.75) is 31.5 Å². The molecule has 0 aromatic rings. The average molecular weight is 135 g/mol. The van der Waals surface area contributed by atoms with Crippen molar-refractivity contribution in [1.29, 1.82) is 5.26 Å². The Morgan fingerprint density at radius 3 is 3.40 bits per heavy atom. The highest BCUT2D eigenvalue weighted by atomic mass is 16.6.